The summed E-state index contributed by atoms with van der Waals surface area (Å²) >= 11 is 1.74. The summed E-state index contributed by atoms with van der Waals surface area (Å²) in [5.41, 5.74) is 0.811. The molecule has 2 aliphatic rings. The van der Waals surface area contributed by atoms with Gasteiger partial charge >= 0.3 is 12.0 Å². The number of thioether (sulfide) groups is 1. The fraction of sp³-hybridized carbons (Fsp3) is 0.526. The van der Waals surface area contributed by atoms with Crippen LogP contribution in [0.1, 0.15) is 13.3 Å². The number of nitrogens with one attached hydrogen (secondary N) is 1. The van der Waals surface area contributed by atoms with E-state index in [4.69, 9.17) is 4.74 Å². The van der Waals surface area contributed by atoms with Crippen molar-refractivity contribution in [2.75, 3.05) is 43.9 Å². The highest BCUT2D eigenvalue weighted by Crippen LogP contribution is 2.49. The van der Waals surface area contributed by atoms with Crippen molar-refractivity contribution < 1.29 is 19.1 Å². The Morgan fingerprint density at radius 1 is 1.30 bits per heavy atom. The summed E-state index contributed by atoms with van der Waals surface area (Å²) in [6, 6.07) is 9.11. The van der Waals surface area contributed by atoms with Crippen molar-refractivity contribution in [2.24, 2.45) is 5.92 Å². The van der Waals surface area contributed by atoms with Gasteiger partial charge in [0.2, 0.25) is 5.91 Å². The van der Waals surface area contributed by atoms with E-state index in [1.54, 1.807) is 21.6 Å². The van der Waals surface area contributed by atoms with Crippen LogP contribution in [0.2, 0.25) is 0 Å². The van der Waals surface area contributed by atoms with Gasteiger partial charge in [-0.25, -0.2) is 4.79 Å². The van der Waals surface area contributed by atoms with Gasteiger partial charge in [0.1, 0.15) is 0 Å². The van der Waals surface area contributed by atoms with Crippen molar-refractivity contribution in [1.82, 2.24) is 10.2 Å². The van der Waals surface area contributed by atoms with Crippen molar-refractivity contribution in [2.45, 2.75) is 18.1 Å². The zero-order valence-corrected chi connectivity index (χ0v) is 16.5. The number of hydrogen-bond donors (Lipinski definition) is 1. The van der Waals surface area contributed by atoms with Crippen molar-refractivity contribution in [3.63, 3.8) is 0 Å². The first-order valence-corrected chi connectivity index (χ1v) is 10.1. The number of benzene rings is 1. The van der Waals surface area contributed by atoms with Gasteiger partial charge in [-0.15, -0.1) is 0 Å². The number of hydrogen-bond acceptors (Lipinski definition) is 5. The third-order valence-electron chi connectivity index (χ3n) is 5.20. The fourth-order valence-corrected chi connectivity index (χ4v) is 5.41. The van der Waals surface area contributed by atoms with E-state index in [1.807, 2.05) is 37.3 Å². The highest BCUT2D eigenvalue weighted by molar-refractivity contribution is 8.01. The maximum Gasteiger partial charge on any atom is 0.317 e. The van der Waals surface area contributed by atoms with Crippen LogP contribution in [0.25, 0.3) is 0 Å². The highest BCUT2D eigenvalue weighted by Gasteiger charge is 2.56. The molecule has 0 aliphatic carbocycles. The number of rotatable bonds is 5. The second-order valence-corrected chi connectivity index (χ2v) is 8.28. The van der Waals surface area contributed by atoms with E-state index in [0.29, 0.717) is 19.6 Å². The lowest BCUT2D eigenvalue weighted by atomic mass is 9.83. The van der Waals surface area contributed by atoms with Gasteiger partial charge in [0.15, 0.2) is 0 Å². The van der Waals surface area contributed by atoms with Crippen LogP contribution in [0.4, 0.5) is 10.5 Å². The Morgan fingerprint density at radius 2 is 2.00 bits per heavy atom. The van der Waals surface area contributed by atoms with E-state index in [2.05, 4.69) is 5.32 Å². The van der Waals surface area contributed by atoms with E-state index in [0.717, 1.165) is 17.9 Å². The highest BCUT2D eigenvalue weighted by atomic mass is 32.2. The number of likely N-dealkylation sites (N-methyl/N-ethyl adjacent to an activating group) is 1. The van der Waals surface area contributed by atoms with E-state index < -0.39 is 0 Å². The van der Waals surface area contributed by atoms with Gasteiger partial charge in [-0.3, -0.25) is 9.59 Å². The van der Waals surface area contributed by atoms with Crippen molar-refractivity contribution in [3.8, 4) is 0 Å². The smallest absolute Gasteiger partial charge is 0.317 e. The number of ether oxygens (including phenoxy) is 1. The van der Waals surface area contributed by atoms with Crippen LogP contribution in [0, 0.1) is 5.92 Å². The van der Waals surface area contributed by atoms with Gasteiger partial charge in [-0.1, -0.05) is 18.2 Å². The van der Waals surface area contributed by atoms with Gasteiger partial charge in [0.05, 0.1) is 24.3 Å². The Labute approximate surface area is 163 Å². The summed E-state index contributed by atoms with van der Waals surface area (Å²) in [6.45, 7) is 3.39. The number of carbonyl (C=O) groups excluding carboxylic acids is 3. The average molecular weight is 391 g/mol. The van der Waals surface area contributed by atoms with E-state index >= 15 is 0 Å². The number of likely N-dealkylation sites (tertiary alicyclic amines) is 1. The average Bonchev–Trinajstić information content (AvgIpc) is 3.11. The molecule has 1 atom stereocenters. The van der Waals surface area contributed by atoms with Crippen molar-refractivity contribution in [1.29, 1.82) is 0 Å². The number of esters is 1. The number of carbonyl (C=O) groups is 3. The molecule has 2 saturated heterocycles. The van der Waals surface area contributed by atoms with Crippen LogP contribution in [-0.4, -0.2) is 66.6 Å². The summed E-state index contributed by atoms with van der Waals surface area (Å²) in [5.74, 6) is 0.384. The molecule has 3 amide bonds. The maximum atomic E-state index is 12.5. The van der Waals surface area contributed by atoms with Gasteiger partial charge < -0.3 is 19.9 Å². The quantitative estimate of drug-likeness (QED) is 0.774. The predicted octanol–water partition coefficient (Wildman–Crippen LogP) is 1.73. The number of amides is 3. The Morgan fingerprint density at radius 3 is 2.63 bits per heavy atom. The molecule has 0 aromatic heterocycles. The maximum absolute atomic E-state index is 12.5. The molecule has 2 aliphatic heterocycles. The molecule has 146 valence electrons. The van der Waals surface area contributed by atoms with Crippen molar-refractivity contribution >= 4 is 35.4 Å². The van der Waals surface area contributed by atoms with Crippen molar-refractivity contribution in [3.05, 3.63) is 30.3 Å². The molecule has 0 bridgehead atoms. The molecule has 1 unspecified atom stereocenters. The monoisotopic (exact) mass is 391 g/mol. The lowest BCUT2D eigenvalue weighted by molar-refractivity contribution is -0.147. The van der Waals surface area contributed by atoms with Gasteiger partial charge in [0, 0.05) is 25.3 Å². The Hall–Kier alpha value is -2.22. The van der Waals surface area contributed by atoms with Crippen LogP contribution < -0.4 is 10.2 Å². The summed E-state index contributed by atoms with van der Waals surface area (Å²) in [5, 5.41) is 2.70. The fourth-order valence-electron chi connectivity index (χ4n) is 3.74. The Kier molecular flexibility index (Phi) is 5.94. The number of urea groups is 1. The molecule has 1 aromatic carbocycles. The summed E-state index contributed by atoms with van der Waals surface area (Å²) < 4.78 is 4.67. The van der Waals surface area contributed by atoms with E-state index in [-0.39, 0.29) is 35.1 Å². The third-order valence-corrected chi connectivity index (χ3v) is 6.75. The number of nitrogens with zero attached hydrogens (tertiary/aromatic N) is 2. The molecular weight excluding hydrogens is 366 g/mol. The van der Waals surface area contributed by atoms with Gasteiger partial charge in [-0.2, -0.15) is 11.8 Å². The predicted molar refractivity (Wildman–Crippen MR) is 105 cm³/mol. The second-order valence-electron chi connectivity index (χ2n) is 6.77. The largest absolute Gasteiger partial charge is 0.469 e. The van der Waals surface area contributed by atoms with Gasteiger partial charge in [0.25, 0.3) is 0 Å². The second kappa shape index (κ2) is 8.21. The molecule has 0 radical (unpaired) electrons. The minimum Gasteiger partial charge on any atom is -0.469 e. The van der Waals surface area contributed by atoms with E-state index in [1.165, 1.54) is 7.11 Å². The molecule has 8 heteroatoms. The van der Waals surface area contributed by atoms with Crippen LogP contribution in [-0.2, 0) is 14.3 Å². The summed E-state index contributed by atoms with van der Waals surface area (Å²) in [6.07, 6.45) is 0.786. The normalized spacial score (nSPS) is 20.1. The standard InChI is InChI=1S/C19H25N3O4S/c1-3-22(14-7-5-4-6-8-14)16(23)11-20-18(25)21-12-19(13-21)15(9-10-27-19)17(24)26-2/h4-8,15H,3,9-13H2,1-2H3,(H,20,25). The number of para-hydroxylation sites is 1. The Balaban J connectivity index is 1.51. The Bertz CT molecular complexity index is 706. The minimum absolute atomic E-state index is 0.0569. The van der Waals surface area contributed by atoms with Crippen LogP contribution >= 0.6 is 11.8 Å². The van der Waals surface area contributed by atoms with E-state index in [9.17, 15) is 14.4 Å². The molecule has 0 saturated carbocycles. The van der Waals surface area contributed by atoms with Crippen LogP contribution in [0.3, 0.4) is 0 Å². The molecule has 3 rings (SSSR count). The molecule has 1 N–H and O–H groups in total. The topological polar surface area (TPSA) is 79.0 Å². The van der Waals surface area contributed by atoms with Gasteiger partial charge in [-0.05, 0) is 31.2 Å². The molecule has 2 heterocycles. The number of anilines is 1. The first-order chi connectivity index (χ1) is 13.0. The molecule has 1 aromatic rings. The number of methoxy groups -OCH3 is 1. The van der Waals surface area contributed by atoms with Crippen LogP contribution in [0.5, 0.6) is 0 Å². The summed E-state index contributed by atoms with van der Waals surface area (Å²) in [4.78, 5) is 40.1. The zero-order chi connectivity index (χ0) is 19.4. The molecule has 2 fully saturated rings. The first kappa shape index (κ1) is 19.5. The van der Waals surface area contributed by atoms with Crippen LogP contribution in [0.15, 0.2) is 30.3 Å². The SMILES string of the molecule is CCN(C(=O)CNC(=O)N1CC2(C1)SCCC2C(=O)OC)c1ccccc1. The molecule has 1 spiro atoms. The molecule has 7 nitrogen and oxygen atoms in total. The summed E-state index contributed by atoms with van der Waals surface area (Å²) in [7, 11) is 1.40. The minimum atomic E-state index is -0.269. The molecule has 27 heavy (non-hydrogen) atoms. The lowest BCUT2D eigenvalue weighted by Crippen LogP contribution is -2.66. The molecular formula is C19H25N3O4S. The first-order valence-electron chi connectivity index (χ1n) is 9.10. The lowest BCUT2D eigenvalue weighted by Gasteiger charge is -2.49. The zero-order valence-electron chi connectivity index (χ0n) is 15.6. The third kappa shape index (κ3) is 3.90.